The first-order valence-corrected chi connectivity index (χ1v) is 11.9. The first-order valence-electron chi connectivity index (χ1n) is 11.9. The molecule has 0 radical (unpaired) electrons. The van der Waals surface area contributed by atoms with Crippen molar-refractivity contribution >= 4 is 12.6 Å². The molecule has 7 nitrogen and oxygen atoms in total. The smallest absolute Gasteiger partial charge is 0.399 e. The van der Waals surface area contributed by atoms with E-state index in [0.717, 1.165) is 43.4 Å². The lowest BCUT2D eigenvalue weighted by Crippen LogP contribution is -2.41. The fourth-order valence-corrected chi connectivity index (χ4v) is 5.74. The third kappa shape index (κ3) is 3.46. The fraction of sp³-hybridized carbons (Fsp3) is 0.667. The van der Waals surface area contributed by atoms with Gasteiger partial charge in [-0.05, 0) is 98.7 Å². The Labute approximate surface area is 190 Å². The highest BCUT2D eigenvalue weighted by Crippen LogP contribution is 2.51. The summed E-state index contributed by atoms with van der Waals surface area (Å²) in [5, 5.41) is 21.2. The quantitative estimate of drug-likeness (QED) is 0.687. The van der Waals surface area contributed by atoms with Gasteiger partial charge in [0.2, 0.25) is 0 Å². The third-order valence-corrected chi connectivity index (χ3v) is 8.40. The molecule has 0 bridgehead atoms. The minimum atomic E-state index is -0.320. The summed E-state index contributed by atoms with van der Waals surface area (Å²) in [5.41, 5.74) is 3.72. The molecule has 3 aliphatic rings. The molecule has 168 valence electrons. The maximum Gasteiger partial charge on any atom is 0.494 e. The summed E-state index contributed by atoms with van der Waals surface area (Å²) in [6.45, 7) is 8.98. The molecule has 1 aromatic carbocycles. The number of hydrogen-bond donors (Lipinski definition) is 0. The van der Waals surface area contributed by atoms with Crippen LogP contribution in [0.2, 0.25) is 0 Å². The molecule has 0 atom stereocenters. The molecule has 0 unspecified atom stereocenters. The first kappa shape index (κ1) is 21.6. The van der Waals surface area contributed by atoms with E-state index in [9.17, 15) is 0 Å². The number of aryl methyl sites for hydroxylation is 2. The highest BCUT2D eigenvalue weighted by molar-refractivity contribution is 6.62. The standard InChI is InChI=1S/C24H32BN5O2/c1-22(2)23(3,4)32-25(31-22)19-6-7-20-18(16-19)10-13-24(20)11-8-17(9-12-24)21-27-28-29-30(21)15-5-14-26/h6-7,16-17H,5,8-13,15H2,1-4H3. The number of rotatable bonds is 4. The van der Waals surface area contributed by atoms with Gasteiger partial charge in [0, 0.05) is 5.92 Å². The molecule has 2 fully saturated rings. The van der Waals surface area contributed by atoms with Gasteiger partial charge in [-0.15, -0.1) is 5.10 Å². The van der Waals surface area contributed by atoms with Gasteiger partial charge in [0.1, 0.15) is 0 Å². The minimum absolute atomic E-state index is 0.269. The topological polar surface area (TPSA) is 85.9 Å². The van der Waals surface area contributed by atoms with E-state index in [-0.39, 0.29) is 23.7 Å². The van der Waals surface area contributed by atoms with Crippen LogP contribution in [0.1, 0.15) is 89.1 Å². The largest absolute Gasteiger partial charge is 0.494 e. The van der Waals surface area contributed by atoms with E-state index in [1.54, 1.807) is 0 Å². The van der Waals surface area contributed by atoms with Crippen LogP contribution in [0.3, 0.4) is 0 Å². The van der Waals surface area contributed by atoms with Gasteiger partial charge in [0.25, 0.3) is 0 Å². The molecular formula is C24H32BN5O2. The zero-order valence-electron chi connectivity index (χ0n) is 19.6. The van der Waals surface area contributed by atoms with Gasteiger partial charge in [0.15, 0.2) is 5.82 Å². The van der Waals surface area contributed by atoms with Crippen LogP contribution in [0.5, 0.6) is 0 Å². The van der Waals surface area contributed by atoms with Gasteiger partial charge in [-0.2, -0.15) is 5.26 Å². The number of nitrogens with zero attached hydrogens (tertiary/aromatic N) is 5. The molecule has 2 aromatic rings. The van der Waals surface area contributed by atoms with E-state index in [4.69, 9.17) is 14.6 Å². The molecule has 1 saturated heterocycles. The summed E-state index contributed by atoms with van der Waals surface area (Å²) in [5.74, 6) is 1.33. The first-order chi connectivity index (χ1) is 15.2. The number of hydrogen-bond acceptors (Lipinski definition) is 6. The lowest BCUT2D eigenvalue weighted by molar-refractivity contribution is 0.00578. The highest BCUT2D eigenvalue weighted by Gasteiger charge is 2.52. The molecule has 2 heterocycles. The van der Waals surface area contributed by atoms with Gasteiger partial charge in [-0.3, -0.25) is 0 Å². The van der Waals surface area contributed by atoms with Crippen molar-refractivity contribution in [2.45, 2.75) is 102 Å². The molecule has 8 heteroatoms. The number of aromatic nitrogens is 4. The lowest BCUT2D eigenvalue weighted by atomic mass is 9.66. The minimum Gasteiger partial charge on any atom is -0.399 e. The van der Waals surface area contributed by atoms with E-state index in [1.165, 1.54) is 17.5 Å². The SMILES string of the molecule is CC1(C)OB(c2ccc3c(c2)CCC32CCC(c3nnnn3CCC#N)CC2)OC1(C)C. The Morgan fingerprint density at radius 2 is 1.84 bits per heavy atom. The van der Waals surface area contributed by atoms with E-state index in [0.29, 0.717) is 18.9 Å². The van der Waals surface area contributed by atoms with Gasteiger partial charge in [-0.1, -0.05) is 18.2 Å². The molecule has 1 spiro atoms. The fourth-order valence-electron chi connectivity index (χ4n) is 5.74. The van der Waals surface area contributed by atoms with Gasteiger partial charge in [0.05, 0.1) is 30.2 Å². The number of benzene rings is 1. The number of nitriles is 1. The molecule has 0 amide bonds. The second kappa shape index (κ2) is 7.67. The van der Waals surface area contributed by atoms with Crippen LogP contribution in [0, 0.1) is 11.3 Å². The van der Waals surface area contributed by atoms with E-state index in [2.05, 4.69) is 67.5 Å². The van der Waals surface area contributed by atoms with Crippen LogP contribution in [0.15, 0.2) is 18.2 Å². The molecule has 5 rings (SSSR count). The highest BCUT2D eigenvalue weighted by atomic mass is 16.7. The maximum atomic E-state index is 8.89. The maximum absolute atomic E-state index is 8.89. The van der Waals surface area contributed by atoms with E-state index < -0.39 is 0 Å². The predicted molar refractivity (Wildman–Crippen MR) is 121 cm³/mol. The van der Waals surface area contributed by atoms with Crippen LogP contribution >= 0.6 is 0 Å². The lowest BCUT2D eigenvalue weighted by Gasteiger charge is -2.38. The summed E-state index contributed by atoms with van der Waals surface area (Å²) in [7, 11) is -0.301. The van der Waals surface area contributed by atoms with E-state index in [1.807, 2.05) is 4.68 Å². The Morgan fingerprint density at radius 3 is 2.53 bits per heavy atom. The summed E-state index contributed by atoms with van der Waals surface area (Å²) in [4.78, 5) is 0. The summed E-state index contributed by atoms with van der Waals surface area (Å²) in [6, 6.07) is 9.05. The second-order valence-corrected chi connectivity index (χ2v) is 10.7. The zero-order chi connectivity index (χ0) is 22.6. The molecule has 1 aromatic heterocycles. The van der Waals surface area contributed by atoms with Crippen molar-refractivity contribution in [1.82, 2.24) is 20.2 Å². The van der Waals surface area contributed by atoms with Crippen LogP contribution in [0.4, 0.5) is 0 Å². The van der Waals surface area contributed by atoms with Crippen molar-refractivity contribution in [3.63, 3.8) is 0 Å². The van der Waals surface area contributed by atoms with Crippen LogP contribution in [-0.2, 0) is 27.7 Å². The third-order valence-electron chi connectivity index (χ3n) is 8.40. The average Bonchev–Trinajstić information content (AvgIpc) is 3.42. The van der Waals surface area contributed by atoms with Crippen molar-refractivity contribution in [2.24, 2.45) is 0 Å². The molecule has 32 heavy (non-hydrogen) atoms. The van der Waals surface area contributed by atoms with Crippen LogP contribution in [-0.4, -0.2) is 38.5 Å². The summed E-state index contributed by atoms with van der Waals surface area (Å²) < 4.78 is 14.4. The summed E-state index contributed by atoms with van der Waals surface area (Å²) >= 11 is 0. The Bertz CT molecular complexity index is 1030. The molecule has 1 saturated carbocycles. The second-order valence-electron chi connectivity index (χ2n) is 10.7. The Kier molecular flexibility index (Phi) is 5.18. The van der Waals surface area contributed by atoms with Crippen molar-refractivity contribution in [1.29, 1.82) is 5.26 Å². The average molecular weight is 433 g/mol. The monoisotopic (exact) mass is 433 g/mol. The zero-order valence-corrected chi connectivity index (χ0v) is 19.6. The number of fused-ring (bicyclic) bond motifs is 2. The number of tetrazole rings is 1. The Morgan fingerprint density at radius 1 is 1.12 bits per heavy atom. The van der Waals surface area contributed by atoms with Crippen molar-refractivity contribution in [2.75, 3.05) is 0 Å². The van der Waals surface area contributed by atoms with Crippen LogP contribution < -0.4 is 5.46 Å². The van der Waals surface area contributed by atoms with Gasteiger partial charge < -0.3 is 9.31 Å². The van der Waals surface area contributed by atoms with E-state index >= 15 is 0 Å². The predicted octanol–water partition coefficient (Wildman–Crippen LogP) is 3.43. The molecule has 2 aliphatic carbocycles. The molecule has 0 N–H and O–H groups in total. The molecule has 1 aliphatic heterocycles. The van der Waals surface area contributed by atoms with Crippen molar-refractivity contribution in [3.8, 4) is 6.07 Å². The van der Waals surface area contributed by atoms with Crippen LogP contribution in [0.25, 0.3) is 0 Å². The Hall–Kier alpha value is -2.24. The molecular weight excluding hydrogens is 401 g/mol. The van der Waals surface area contributed by atoms with Gasteiger partial charge >= 0.3 is 7.12 Å². The van der Waals surface area contributed by atoms with Crippen molar-refractivity contribution < 1.29 is 9.31 Å². The summed E-state index contributed by atoms with van der Waals surface area (Å²) in [6.07, 6.45) is 7.26. The van der Waals surface area contributed by atoms with Crippen molar-refractivity contribution in [3.05, 3.63) is 35.2 Å². The normalized spacial score (nSPS) is 28.1. The Balaban J connectivity index is 1.31. The van der Waals surface area contributed by atoms with Gasteiger partial charge in [-0.25, -0.2) is 4.68 Å².